The van der Waals surface area contributed by atoms with Crippen LogP contribution in [-0.4, -0.2) is 10.0 Å². The van der Waals surface area contributed by atoms with E-state index in [-0.39, 0.29) is 17.7 Å². The molecule has 1 rings (SSSR count). The van der Waals surface area contributed by atoms with Crippen LogP contribution in [0.15, 0.2) is 24.3 Å². The zero-order chi connectivity index (χ0) is 10.6. The third-order valence-electron chi connectivity index (χ3n) is 1.78. The summed E-state index contributed by atoms with van der Waals surface area (Å²) < 4.78 is 0. The van der Waals surface area contributed by atoms with Gasteiger partial charge in [0.05, 0.1) is 29.1 Å². The Labute approximate surface area is 80.4 Å². The van der Waals surface area contributed by atoms with Crippen LogP contribution >= 0.6 is 0 Å². The van der Waals surface area contributed by atoms with Gasteiger partial charge in [0.2, 0.25) is 0 Å². The van der Waals surface area contributed by atoms with E-state index < -0.39 is 11.0 Å². The lowest BCUT2D eigenvalue weighted by atomic mass is 10.1. The Morgan fingerprint density at radius 1 is 1.57 bits per heavy atom. The molecular weight excluding hydrogens is 184 g/mol. The van der Waals surface area contributed by atoms with Gasteiger partial charge in [-0.05, 0) is 6.07 Å². The predicted octanol–water partition coefficient (Wildman–Crippen LogP) is 1.54. The topological polar surface area (TPSA) is 87.2 Å². The van der Waals surface area contributed by atoms with Crippen molar-refractivity contribution in [1.29, 1.82) is 5.26 Å². The normalized spacial score (nSPS) is 11.7. The highest BCUT2D eigenvalue weighted by Gasteiger charge is 2.18. The van der Waals surface area contributed by atoms with Crippen LogP contribution in [0.25, 0.3) is 0 Å². The Morgan fingerprint density at radius 3 is 2.79 bits per heavy atom. The third kappa shape index (κ3) is 2.06. The van der Waals surface area contributed by atoms with E-state index in [1.54, 1.807) is 12.1 Å². The number of para-hydroxylation sites is 1. The molecule has 1 atom stereocenters. The lowest BCUT2D eigenvalue weighted by Crippen LogP contribution is -2.01. The third-order valence-corrected chi connectivity index (χ3v) is 1.78. The number of nitro benzene ring substituents is 1. The fraction of sp³-hybridized carbons (Fsp3) is 0.222. The number of hydrogen-bond acceptors (Lipinski definition) is 4. The summed E-state index contributed by atoms with van der Waals surface area (Å²) in [6.07, 6.45) is -1.24. The molecule has 0 saturated heterocycles. The molecule has 0 bridgehead atoms. The van der Waals surface area contributed by atoms with Gasteiger partial charge in [0, 0.05) is 6.07 Å². The van der Waals surface area contributed by atoms with E-state index in [9.17, 15) is 15.2 Å². The summed E-state index contributed by atoms with van der Waals surface area (Å²) in [6, 6.07) is 7.61. The van der Waals surface area contributed by atoms with Crippen LogP contribution in [-0.2, 0) is 0 Å². The molecule has 0 spiro atoms. The van der Waals surface area contributed by atoms with Gasteiger partial charge in [-0.1, -0.05) is 12.1 Å². The van der Waals surface area contributed by atoms with Gasteiger partial charge in [-0.3, -0.25) is 10.1 Å². The van der Waals surface area contributed by atoms with Crippen LogP contribution in [0, 0.1) is 21.4 Å². The SMILES string of the molecule is N#CCC(O)c1ccccc1[N+](=O)[O-]. The molecule has 0 amide bonds. The first-order chi connectivity index (χ1) is 6.66. The summed E-state index contributed by atoms with van der Waals surface area (Å²) in [6.45, 7) is 0. The van der Waals surface area contributed by atoms with Gasteiger partial charge in [0.1, 0.15) is 0 Å². The van der Waals surface area contributed by atoms with Crippen molar-refractivity contribution in [2.24, 2.45) is 0 Å². The number of rotatable bonds is 3. The maximum Gasteiger partial charge on any atom is 0.275 e. The van der Waals surface area contributed by atoms with E-state index in [2.05, 4.69) is 0 Å². The van der Waals surface area contributed by atoms with Gasteiger partial charge in [-0.25, -0.2) is 0 Å². The Kier molecular flexibility index (Phi) is 3.15. The maximum atomic E-state index is 10.5. The van der Waals surface area contributed by atoms with E-state index in [1.165, 1.54) is 18.2 Å². The monoisotopic (exact) mass is 192 g/mol. The quantitative estimate of drug-likeness (QED) is 0.581. The predicted molar refractivity (Wildman–Crippen MR) is 48.3 cm³/mol. The Balaban J connectivity index is 3.08. The molecule has 1 aromatic carbocycles. The van der Waals surface area contributed by atoms with Crippen molar-refractivity contribution in [2.45, 2.75) is 12.5 Å². The number of hydrogen-bond donors (Lipinski definition) is 1. The first-order valence-electron chi connectivity index (χ1n) is 3.95. The number of benzene rings is 1. The minimum atomic E-state index is -1.10. The van der Waals surface area contributed by atoms with Crippen LogP contribution in [0.5, 0.6) is 0 Å². The molecule has 0 aliphatic carbocycles. The van der Waals surface area contributed by atoms with Gasteiger partial charge in [0.25, 0.3) is 5.69 Å². The minimum absolute atomic E-state index is 0.148. The van der Waals surface area contributed by atoms with Crippen LogP contribution in [0.3, 0.4) is 0 Å². The average molecular weight is 192 g/mol. The van der Waals surface area contributed by atoms with E-state index in [0.29, 0.717) is 0 Å². The van der Waals surface area contributed by atoms with E-state index in [4.69, 9.17) is 5.26 Å². The second-order valence-corrected chi connectivity index (χ2v) is 2.69. The standard InChI is InChI=1S/C9H8N2O3/c10-6-5-9(12)7-3-1-2-4-8(7)11(13)14/h1-4,9,12H,5H2. The number of aliphatic hydroxyl groups is 1. The number of nitriles is 1. The summed E-state index contributed by atoms with van der Waals surface area (Å²) in [5.41, 5.74) is 0.0225. The molecule has 5 nitrogen and oxygen atoms in total. The van der Waals surface area contributed by atoms with Crippen molar-refractivity contribution in [1.82, 2.24) is 0 Å². The van der Waals surface area contributed by atoms with E-state index in [0.717, 1.165) is 0 Å². The van der Waals surface area contributed by atoms with Crippen LogP contribution in [0.4, 0.5) is 5.69 Å². The molecule has 0 heterocycles. The summed E-state index contributed by atoms with van der Waals surface area (Å²) in [7, 11) is 0. The van der Waals surface area contributed by atoms with Crippen LogP contribution in [0.2, 0.25) is 0 Å². The van der Waals surface area contributed by atoms with Crippen molar-refractivity contribution in [3.8, 4) is 6.07 Å². The molecule has 1 N–H and O–H groups in total. The lowest BCUT2D eigenvalue weighted by Gasteiger charge is -2.06. The fourth-order valence-electron chi connectivity index (χ4n) is 1.13. The highest BCUT2D eigenvalue weighted by molar-refractivity contribution is 5.41. The highest BCUT2D eigenvalue weighted by Crippen LogP contribution is 2.26. The maximum absolute atomic E-state index is 10.5. The Bertz CT molecular complexity index is 384. The highest BCUT2D eigenvalue weighted by atomic mass is 16.6. The lowest BCUT2D eigenvalue weighted by molar-refractivity contribution is -0.386. The van der Waals surface area contributed by atoms with Crippen molar-refractivity contribution >= 4 is 5.69 Å². The molecule has 1 aromatic rings. The zero-order valence-corrected chi connectivity index (χ0v) is 7.25. The fourth-order valence-corrected chi connectivity index (χ4v) is 1.13. The van der Waals surface area contributed by atoms with Gasteiger partial charge in [0.15, 0.2) is 0 Å². The minimum Gasteiger partial charge on any atom is -0.387 e. The Hall–Kier alpha value is -1.93. The number of nitro groups is 1. The summed E-state index contributed by atoms with van der Waals surface area (Å²) in [5.74, 6) is 0. The summed E-state index contributed by atoms with van der Waals surface area (Å²) in [5, 5.41) is 28.3. The molecule has 0 saturated carbocycles. The smallest absolute Gasteiger partial charge is 0.275 e. The average Bonchev–Trinajstić information content (AvgIpc) is 2.18. The van der Waals surface area contributed by atoms with Gasteiger partial charge in [-0.2, -0.15) is 5.26 Å². The molecule has 14 heavy (non-hydrogen) atoms. The molecule has 0 aliphatic heterocycles. The zero-order valence-electron chi connectivity index (χ0n) is 7.25. The van der Waals surface area contributed by atoms with Crippen molar-refractivity contribution < 1.29 is 10.0 Å². The second-order valence-electron chi connectivity index (χ2n) is 2.69. The largest absolute Gasteiger partial charge is 0.387 e. The van der Waals surface area contributed by atoms with Crippen LogP contribution < -0.4 is 0 Å². The van der Waals surface area contributed by atoms with E-state index >= 15 is 0 Å². The first-order valence-corrected chi connectivity index (χ1v) is 3.95. The molecular formula is C9H8N2O3. The van der Waals surface area contributed by atoms with Crippen LogP contribution in [0.1, 0.15) is 18.1 Å². The van der Waals surface area contributed by atoms with Crippen molar-refractivity contribution in [3.05, 3.63) is 39.9 Å². The second kappa shape index (κ2) is 4.35. The molecule has 0 aromatic heterocycles. The van der Waals surface area contributed by atoms with Gasteiger partial charge >= 0.3 is 0 Å². The van der Waals surface area contributed by atoms with Crippen molar-refractivity contribution in [3.63, 3.8) is 0 Å². The van der Waals surface area contributed by atoms with Crippen molar-refractivity contribution in [2.75, 3.05) is 0 Å². The molecule has 0 fully saturated rings. The number of aliphatic hydroxyl groups excluding tert-OH is 1. The summed E-state index contributed by atoms with van der Waals surface area (Å²) in [4.78, 5) is 9.97. The van der Waals surface area contributed by atoms with Gasteiger partial charge < -0.3 is 5.11 Å². The summed E-state index contributed by atoms with van der Waals surface area (Å²) >= 11 is 0. The molecule has 1 unspecified atom stereocenters. The number of nitrogens with zero attached hydrogens (tertiary/aromatic N) is 2. The molecule has 5 heteroatoms. The van der Waals surface area contributed by atoms with Gasteiger partial charge in [-0.15, -0.1) is 0 Å². The Morgan fingerprint density at radius 2 is 2.21 bits per heavy atom. The first kappa shape index (κ1) is 10.2. The van der Waals surface area contributed by atoms with E-state index in [1.807, 2.05) is 0 Å². The molecule has 0 radical (unpaired) electrons. The molecule has 0 aliphatic rings. The molecule has 72 valence electrons.